The maximum absolute atomic E-state index is 6.32. The zero-order chi connectivity index (χ0) is 21.6. The molecule has 3 rings (SSSR count). The molecule has 0 radical (unpaired) electrons. The number of aromatic amines is 1. The quantitative estimate of drug-likeness (QED) is 0.479. The number of piperidine rings is 1. The summed E-state index contributed by atoms with van der Waals surface area (Å²) in [6, 6.07) is 2.10. The number of hydrogen-bond acceptors (Lipinski definition) is 5. The number of nitrogens with two attached hydrogens (primary N) is 1. The van der Waals surface area contributed by atoms with Gasteiger partial charge in [-0.2, -0.15) is 0 Å². The highest BCUT2D eigenvalue weighted by molar-refractivity contribution is 6.18. The molecule has 0 aromatic carbocycles. The molecule has 6 heteroatoms. The summed E-state index contributed by atoms with van der Waals surface area (Å²) in [5, 5.41) is 1.08. The summed E-state index contributed by atoms with van der Waals surface area (Å²) in [4.78, 5) is 14.9. The maximum Gasteiger partial charge on any atom is 0.140 e. The Labute approximate surface area is 179 Å². The van der Waals surface area contributed by atoms with Crippen LogP contribution in [0.3, 0.4) is 0 Å². The van der Waals surface area contributed by atoms with Crippen molar-refractivity contribution in [3.63, 3.8) is 0 Å². The first-order valence-corrected chi connectivity index (χ1v) is 11.0. The fourth-order valence-electron chi connectivity index (χ4n) is 4.05. The Morgan fingerprint density at radius 1 is 1.43 bits per heavy atom. The summed E-state index contributed by atoms with van der Waals surface area (Å²) in [6.45, 7) is 11.0. The fraction of sp³-hybridized carbons (Fsp3) is 0.500. The van der Waals surface area contributed by atoms with Crippen LogP contribution in [0.25, 0.3) is 11.0 Å². The van der Waals surface area contributed by atoms with Gasteiger partial charge in [0.25, 0.3) is 0 Å². The number of aromatic nitrogens is 2. The summed E-state index contributed by atoms with van der Waals surface area (Å²) < 4.78 is 6.32. The Hall–Kier alpha value is -2.60. The number of rotatable bonds is 8. The van der Waals surface area contributed by atoms with E-state index in [1.54, 1.807) is 6.08 Å². The van der Waals surface area contributed by atoms with E-state index >= 15 is 0 Å². The Balaban J connectivity index is 2.01. The van der Waals surface area contributed by atoms with Crippen LogP contribution in [0, 0.1) is 0 Å². The van der Waals surface area contributed by atoms with Crippen molar-refractivity contribution in [2.45, 2.75) is 59.0 Å². The number of nitrogens with one attached hydrogen (secondary N) is 1. The normalized spacial score (nSPS) is 21.1. The van der Waals surface area contributed by atoms with Gasteiger partial charge in [-0.15, -0.1) is 0 Å². The molecule has 1 unspecified atom stereocenters. The molecule has 1 aliphatic heterocycles. The van der Waals surface area contributed by atoms with Crippen LogP contribution in [0.5, 0.6) is 0 Å². The minimum absolute atomic E-state index is 0.130. The number of ether oxygens (including phenoxy) is 1. The summed E-state index contributed by atoms with van der Waals surface area (Å²) in [7, 11) is 0. The van der Waals surface area contributed by atoms with Gasteiger partial charge >= 0.3 is 0 Å². The molecule has 0 bridgehead atoms. The first kappa shape index (κ1) is 22.1. The highest BCUT2D eigenvalue weighted by Crippen LogP contribution is 2.34. The van der Waals surface area contributed by atoms with Gasteiger partial charge in [0.05, 0.1) is 22.4 Å². The lowest BCUT2D eigenvalue weighted by atomic mass is 9.93. The van der Waals surface area contributed by atoms with Crippen LogP contribution < -0.4 is 10.6 Å². The van der Waals surface area contributed by atoms with Crippen molar-refractivity contribution in [1.82, 2.24) is 9.97 Å². The molecule has 0 saturated carbocycles. The van der Waals surface area contributed by atoms with Gasteiger partial charge < -0.3 is 20.4 Å². The van der Waals surface area contributed by atoms with Gasteiger partial charge in [-0.25, -0.2) is 9.98 Å². The van der Waals surface area contributed by atoms with Crippen molar-refractivity contribution in [2.75, 3.05) is 24.6 Å². The molecule has 2 aromatic heterocycles. The Morgan fingerprint density at radius 2 is 2.27 bits per heavy atom. The van der Waals surface area contributed by atoms with Crippen LogP contribution in [0.4, 0.5) is 5.69 Å². The molecule has 2 aromatic rings. The van der Waals surface area contributed by atoms with Gasteiger partial charge in [0.2, 0.25) is 0 Å². The molecule has 0 aliphatic carbocycles. The van der Waals surface area contributed by atoms with Crippen LogP contribution >= 0.6 is 0 Å². The van der Waals surface area contributed by atoms with Crippen molar-refractivity contribution >= 4 is 22.4 Å². The smallest absolute Gasteiger partial charge is 0.140 e. The summed E-state index contributed by atoms with van der Waals surface area (Å²) in [6.07, 6.45) is 14.1. The van der Waals surface area contributed by atoms with Gasteiger partial charge in [-0.05, 0) is 58.3 Å². The third-order valence-electron chi connectivity index (χ3n) is 5.65. The second kappa shape index (κ2) is 9.94. The molecule has 0 spiro atoms. The number of nitrogens with zero attached hydrogens (tertiary/aromatic N) is 3. The monoisotopic (exact) mass is 409 g/mol. The number of hydrogen-bond donors (Lipinski definition) is 2. The zero-order valence-electron chi connectivity index (χ0n) is 18.7. The molecule has 30 heavy (non-hydrogen) atoms. The van der Waals surface area contributed by atoms with Crippen LogP contribution in [0.1, 0.15) is 58.9 Å². The number of allylic oxidation sites excluding steroid dienone is 3. The van der Waals surface area contributed by atoms with Gasteiger partial charge in [0.1, 0.15) is 11.5 Å². The first-order chi connectivity index (χ1) is 14.5. The average molecular weight is 410 g/mol. The predicted molar refractivity (Wildman–Crippen MR) is 126 cm³/mol. The van der Waals surface area contributed by atoms with Gasteiger partial charge in [-0.1, -0.05) is 19.4 Å². The van der Waals surface area contributed by atoms with E-state index in [2.05, 4.69) is 39.8 Å². The molecule has 1 atom stereocenters. The summed E-state index contributed by atoms with van der Waals surface area (Å²) in [5.74, 6) is 0.498. The third-order valence-corrected chi connectivity index (χ3v) is 5.65. The van der Waals surface area contributed by atoms with E-state index in [0.717, 1.165) is 73.4 Å². The van der Waals surface area contributed by atoms with E-state index in [4.69, 9.17) is 10.5 Å². The molecule has 6 nitrogen and oxygen atoms in total. The molecule has 1 aliphatic rings. The molecular weight excluding hydrogens is 374 g/mol. The minimum Gasteiger partial charge on any atom is -0.384 e. The van der Waals surface area contributed by atoms with Gasteiger partial charge in [0, 0.05) is 37.7 Å². The van der Waals surface area contributed by atoms with E-state index in [0.29, 0.717) is 5.82 Å². The Kier molecular flexibility index (Phi) is 7.32. The van der Waals surface area contributed by atoms with E-state index in [-0.39, 0.29) is 5.60 Å². The summed E-state index contributed by atoms with van der Waals surface area (Å²) in [5.41, 5.74) is 9.75. The standard InChI is InChI=1S/C24H35N5O/c1-5-8-15-30-24(4)12-9-14-29(17-24)20-11-13-26-23-22(20)18(16-27-23)19(10-6-2)28-21(25)7-3/h6-7,10-11,13,16H,5,8-9,12,14-15,17,25H2,1-4H3,(H,26,27)/b10-6-,21-7+,28-19+. The van der Waals surface area contributed by atoms with Crippen LogP contribution in [-0.2, 0) is 4.74 Å². The number of pyridine rings is 1. The van der Waals surface area contributed by atoms with Crippen LogP contribution in [-0.4, -0.2) is 41.0 Å². The van der Waals surface area contributed by atoms with Crippen molar-refractivity contribution in [3.05, 3.63) is 48.1 Å². The lowest BCUT2D eigenvalue weighted by Gasteiger charge is -2.41. The second-order valence-electron chi connectivity index (χ2n) is 8.14. The number of anilines is 1. The fourth-order valence-corrected chi connectivity index (χ4v) is 4.05. The van der Waals surface area contributed by atoms with Crippen LogP contribution in [0.2, 0.25) is 0 Å². The highest BCUT2D eigenvalue weighted by atomic mass is 16.5. The largest absolute Gasteiger partial charge is 0.384 e. The molecule has 1 fully saturated rings. The van der Waals surface area contributed by atoms with E-state index in [9.17, 15) is 0 Å². The van der Waals surface area contributed by atoms with Gasteiger partial charge in [0.15, 0.2) is 0 Å². The third kappa shape index (κ3) is 4.93. The second-order valence-corrected chi connectivity index (χ2v) is 8.14. The Morgan fingerprint density at radius 3 is 3.00 bits per heavy atom. The minimum atomic E-state index is -0.130. The average Bonchev–Trinajstić information content (AvgIpc) is 3.17. The SMILES string of the molecule is C\C=C/C(=N\C(N)=C\C)c1c[nH]c2nccc(N3CCCC(C)(OCCCC)C3)c12. The zero-order valence-corrected chi connectivity index (χ0v) is 18.7. The molecule has 0 amide bonds. The number of H-pyrrole nitrogens is 1. The van der Waals surface area contributed by atoms with Gasteiger partial charge in [-0.3, -0.25) is 0 Å². The van der Waals surface area contributed by atoms with E-state index < -0.39 is 0 Å². The van der Waals surface area contributed by atoms with Crippen molar-refractivity contribution in [3.8, 4) is 0 Å². The Bertz CT molecular complexity index is 942. The summed E-state index contributed by atoms with van der Waals surface area (Å²) >= 11 is 0. The lowest BCUT2D eigenvalue weighted by Crippen LogP contribution is -2.48. The molecule has 1 saturated heterocycles. The van der Waals surface area contributed by atoms with Crippen LogP contribution in [0.15, 0.2) is 47.5 Å². The topological polar surface area (TPSA) is 79.5 Å². The van der Waals surface area contributed by atoms with Crippen molar-refractivity contribution in [1.29, 1.82) is 0 Å². The molecule has 3 N–H and O–H groups in total. The van der Waals surface area contributed by atoms with Crippen molar-refractivity contribution in [2.24, 2.45) is 10.7 Å². The number of aliphatic imine (C=N–C) groups is 1. The maximum atomic E-state index is 6.32. The van der Waals surface area contributed by atoms with E-state index in [1.807, 2.05) is 38.4 Å². The predicted octanol–water partition coefficient (Wildman–Crippen LogP) is 4.92. The first-order valence-electron chi connectivity index (χ1n) is 11.0. The van der Waals surface area contributed by atoms with E-state index in [1.165, 1.54) is 0 Å². The van der Waals surface area contributed by atoms with Crippen molar-refractivity contribution < 1.29 is 4.74 Å². The number of unbranched alkanes of at least 4 members (excludes halogenated alkanes) is 1. The molecule has 162 valence electrons. The lowest BCUT2D eigenvalue weighted by molar-refractivity contribution is -0.0410. The molecular formula is C24H35N5O. The number of fused-ring (bicyclic) bond motifs is 1. The molecule has 3 heterocycles. The highest BCUT2D eigenvalue weighted by Gasteiger charge is 2.33.